The van der Waals surface area contributed by atoms with Crippen LogP contribution in [0.15, 0.2) is 30.3 Å². The first-order valence-corrected chi connectivity index (χ1v) is 6.09. The van der Waals surface area contributed by atoms with Crippen LogP contribution in [0.5, 0.6) is 0 Å². The third-order valence-electron chi connectivity index (χ3n) is 2.57. The summed E-state index contributed by atoms with van der Waals surface area (Å²) in [6.45, 7) is 0.311. The van der Waals surface area contributed by atoms with E-state index in [0.29, 0.717) is 6.04 Å². The second-order valence-corrected chi connectivity index (χ2v) is 4.36. The molecule has 96 valence electrons. The molecule has 0 aliphatic heterocycles. The maximum absolute atomic E-state index is 11.5. The van der Waals surface area contributed by atoms with Gasteiger partial charge >= 0.3 is 0 Å². The summed E-state index contributed by atoms with van der Waals surface area (Å²) in [4.78, 5) is 22.9. The molecule has 1 aromatic carbocycles. The van der Waals surface area contributed by atoms with Crippen molar-refractivity contribution in [3.05, 3.63) is 30.3 Å². The summed E-state index contributed by atoms with van der Waals surface area (Å²) in [6, 6.07) is 9.58. The number of carbonyl (C=O) groups is 2. The summed E-state index contributed by atoms with van der Waals surface area (Å²) in [5.41, 5.74) is 0.756. The highest BCUT2D eigenvalue weighted by atomic mass is 16.2. The van der Waals surface area contributed by atoms with Gasteiger partial charge < -0.3 is 10.6 Å². The van der Waals surface area contributed by atoms with Gasteiger partial charge in [0.15, 0.2) is 0 Å². The van der Waals surface area contributed by atoms with Crippen molar-refractivity contribution in [1.82, 2.24) is 10.6 Å². The minimum absolute atomic E-state index is 0.0509. The molecule has 0 saturated heterocycles. The number of anilines is 1. The Balaban J connectivity index is 1.61. The molecule has 1 aromatic rings. The van der Waals surface area contributed by atoms with Crippen LogP contribution < -0.4 is 16.0 Å². The number of hydrogen-bond acceptors (Lipinski definition) is 3. The SMILES string of the molecule is O=C(CNCC(=O)NC1CC1)Nc1ccccc1. The molecule has 1 aliphatic carbocycles. The van der Waals surface area contributed by atoms with Gasteiger partial charge in [-0.1, -0.05) is 18.2 Å². The van der Waals surface area contributed by atoms with Crippen LogP contribution in [0.4, 0.5) is 5.69 Å². The molecule has 1 aliphatic rings. The Morgan fingerprint density at radius 2 is 1.72 bits per heavy atom. The maximum Gasteiger partial charge on any atom is 0.238 e. The van der Waals surface area contributed by atoms with E-state index in [-0.39, 0.29) is 24.9 Å². The molecule has 0 bridgehead atoms. The second-order valence-electron chi connectivity index (χ2n) is 4.36. The molecule has 0 heterocycles. The molecule has 1 fully saturated rings. The molecule has 0 atom stereocenters. The van der Waals surface area contributed by atoms with E-state index >= 15 is 0 Å². The van der Waals surface area contributed by atoms with Gasteiger partial charge in [-0.2, -0.15) is 0 Å². The molecule has 0 aromatic heterocycles. The Morgan fingerprint density at radius 3 is 2.39 bits per heavy atom. The van der Waals surface area contributed by atoms with E-state index in [2.05, 4.69) is 16.0 Å². The molecule has 0 unspecified atom stereocenters. The summed E-state index contributed by atoms with van der Waals surface area (Å²) in [5.74, 6) is -0.203. The number of nitrogens with one attached hydrogen (secondary N) is 3. The molecular formula is C13H17N3O2. The van der Waals surface area contributed by atoms with Gasteiger partial charge in [0, 0.05) is 11.7 Å². The largest absolute Gasteiger partial charge is 0.352 e. The first-order valence-electron chi connectivity index (χ1n) is 6.09. The Morgan fingerprint density at radius 1 is 1.06 bits per heavy atom. The van der Waals surface area contributed by atoms with Gasteiger partial charge in [0.25, 0.3) is 0 Å². The molecule has 1 saturated carbocycles. The first-order chi connectivity index (χ1) is 8.74. The predicted octanol–water partition coefficient (Wildman–Crippen LogP) is 0.493. The van der Waals surface area contributed by atoms with Crippen molar-refractivity contribution in [1.29, 1.82) is 0 Å². The number of hydrogen-bond donors (Lipinski definition) is 3. The van der Waals surface area contributed by atoms with Crippen LogP contribution in [0.2, 0.25) is 0 Å². The molecule has 2 rings (SSSR count). The molecule has 0 spiro atoms. The van der Waals surface area contributed by atoms with Crippen LogP contribution in [-0.2, 0) is 9.59 Å². The number of benzene rings is 1. The molecule has 18 heavy (non-hydrogen) atoms. The predicted molar refractivity (Wildman–Crippen MR) is 69.1 cm³/mol. The number of carbonyl (C=O) groups excluding carboxylic acids is 2. The van der Waals surface area contributed by atoms with Gasteiger partial charge in [-0.3, -0.25) is 14.9 Å². The van der Waals surface area contributed by atoms with Crippen LogP contribution in [0.3, 0.4) is 0 Å². The van der Waals surface area contributed by atoms with Gasteiger partial charge in [0.1, 0.15) is 0 Å². The van der Waals surface area contributed by atoms with E-state index in [1.807, 2.05) is 30.3 Å². The molecular weight excluding hydrogens is 230 g/mol. The average molecular weight is 247 g/mol. The van der Waals surface area contributed by atoms with Crippen LogP contribution in [0, 0.1) is 0 Å². The van der Waals surface area contributed by atoms with Crippen molar-refractivity contribution >= 4 is 17.5 Å². The van der Waals surface area contributed by atoms with Crippen molar-refractivity contribution in [3.8, 4) is 0 Å². The van der Waals surface area contributed by atoms with Crippen LogP contribution in [0.25, 0.3) is 0 Å². The van der Waals surface area contributed by atoms with Gasteiger partial charge in [-0.05, 0) is 25.0 Å². The lowest BCUT2D eigenvalue weighted by Gasteiger charge is -2.06. The number of rotatable bonds is 6. The third kappa shape index (κ3) is 4.55. The lowest BCUT2D eigenvalue weighted by atomic mass is 10.3. The topological polar surface area (TPSA) is 70.2 Å². The summed E-state index contributed by atoms with van der Waals surface area (Å²) in [7, 11) is 0. The van der Waals surface area contributed by atoms with Crippen LogP contribution in [-0.4, -0.2) is 30.9 Å². The number of amides is 2. The molecule has 0 radical (unpaired) electrons. The van der Waals surface area contributed by atoms with E-state index in [1.54, 1.807) is 0 Å². The van der Waals surface area contributed by atoms with Crippen molar-refractivity contribution < 1.29 is 9.59 Å². The summed E-state index contributed by atoms with van der Waals surface area (Å²) in [6.07, 6.45) is 2.14. The van der Waals surface area contributed by atoms with E-state index in [1.165, 1.54) is 0 Å². The quantitative estimate of drug-likeness (QED) is 0.685. The lowest BCUT2D eigenvalue weighted by molar-refractivity contribution is -0.120. The number of para-hydroxylation sites is 1. The highest BCUT2D eigenvalue weighted by Gasteiger charge is 2.22. The highest BCUT2D eigenvalue weighted by molar-refractivity contribution is 5.92. The minimum Gasteiger partial charge on any atom is -0.352 e. The average Bonchev–Trinajstić information content (AvgIpc) is 3.14. The fraction of sp³-hybridized carbons (Fsp3) is 0.385. The zero-order chi connectivity index (χ0) is 12.8. The normalized spacial score (nSPS) is 14.0. The summed E-state index contributed by atoms with van der Waals surface area (Å²) in [5, 5.41) is 8.39. The Hall–Kier alpha value is -1.88. The highest BCUT2D eigenvalue weighted by Crippen LogP contribution is 2.18. The Labute approximate surface area is 106 Å². The zero-order valence-electron chi connectivity index (χ0n) is 10.1. The smallest absolute Gasteiger partial charge is 0.238 e. The monoisotopic (exact) mass is 247 g/mol. The second kappa shape index (κ2) is 6.16. The van der Waals surface area contributed by atoms with Gasteiger partial charge in [-0.15, -0.1) is 0 Å². The van der Waals surface area contributed by atoms with E-state index in [9.17, 15) is 9.59 Å². The van der Waals surface area contributed by atoms with Crippen molar-refractivity contribution in [3.63, 3.8) is 0 Å². The van der Waals surface area contributed by atoms with Crippen LogP contribution in [0.1, 0.15) is 12.8 Å². The van der Waals surface area contributed by atoms with Crippen LogP contribution >= 0.6 is 0 Å². The summed E-state index contributed by atoms with van der Waals surface area (Å²) >= 11 is 0. The van der Waals surface area contributed by atoms with Gasteiger partial charge in [0.2, 0.25) is 11.8 Å². The fourth-order valence-electron chi connectivity index (χ4n) is 1.52. The first kappa shape index (κ1) is 12.6. The Bertz CT molecular complexity index is 416. The maximum atomic E-state index is 11.5. The van der Waals surface area contributed by atoms with E-state index < -0.39 is 0 Å². The van der Waals surface area contributed by atoms with E-state index in [0.717, 1.165) is 18.5 Å². The molecule has 5 nitrogen and oxygen atoms in total. The fourth-order valence-corrected chi connectivity index (χ4v) is 1.52. The zero-order valence-corrected chi connectivity index (χ0v) is 10.1. The van der Waals surface area contributed by atoms with Gasteiger partial charge in [0.05, 0.1) is 13.1 Å². The van der Waals surface area contributed by atoms with Crippen molar-refractivity contribution in [2.45, 2.75) is 18.9 Å². The standard InChI is InChI=1S/C13H17N3O2/c17-12(15-10-4-2-1-3-5-10)8-14-9-13(18)16-11-6-7-11/h1-5,11,14H,6-9H2,(H,15,17)(H,16,18). The molecule has 2 amide bonds. The van der Waals surface area contributed by atoms with E-state index in [4.69, 9.17) is 0 Å². The van der Waals surface area contributed by atoms with Crippen molar-refractivity contribution in [2.75, 3.05) is 18.4 Å². The van der Waals surface area contributed by atoms with Crippen molar-refractivity contribution in [2.24, 2.45) is 0 Å². The third-order valence-corrected chi connectivity index (χ3v) is 2.57. The summed E-state index contributed by atoms with van der Waals surface area (Å²) < 4.78 is 0. The molecule has 5 heteroatoms. The Kier molecular flexibility index (Phi) is 4.30. The minimum atomic E-state index is -0.152. The van der Waals surface area contributed by atoms with Gasteiger partial charge in [-0.25, -0.2) is 0 Å². The lowest BCUT2D eigenvalue weighted by Crippen LogP contribution is -2.38. The molecule has 3 N–H and O–H groups in total.